The summed E-state index contributed by atoms with van der Waals surface area (Å²) in [4.78, 5) is 12.0. The zero-order valence-electron chi connectivity index (χ0n) is 12.1. The second kappa shape index (κ2) is 7.54. The largest absolute Gasteiger partial charge is 0.376 e. The van der Waals surface area contributed by atoms with E-state index in [0.717, 1.165) is 12.8 Å². The number of amides is 1. The molecule has 0 saturated carbocycles. The molecule has 0 unspecified atom stereocenters. The van der Waals surface area contributed by atoms with Gasteiger partial charge in [0, 0.05) is 11.1 Å². The second-order valence-corrected chi connectivity index (χ2v) is 7.52. The van der Waals surface area contributed by atoms with Crippen LogP contribution in [0.25, 0.3) is 0 Å². The number of hydrogen-bond donors (Lipinski definition) is 1. The second-order valence-electron chi connectivity index (χ2n) is 5.01. The Bertz CT molecular complexity index is 628. The zero-order chi connectivity index (χ0) is 16.2. The average molecular weight is 392 g/mol. The highest BCUT2D eigenvalue weighted by Crippen LogP contribution is 2.21. The summed E-state index contributed by atoms with van der Waals surface area (Å²) in [6, 6.07) is 6.29. The smallest absolute Gasteiger partial charge is 0.265 e. The van der Waals surface area contributed by atoms with Gasteiger partial charge in [-0.2, -0.15) is 0 Å². The number of carbonyl (C=O) groups excluding carboxylic acids is 1. The molecule has 1 saturated heterocycles. The Kier molecular flexibility index (Phi) is 5.96. The van der Waals surface area contributed by atoms with Gasteiger partial charge in [-0.1, -0.05) is 12.1 Å². The molecule has 1 aromatic rings. The normalized spacial score (nSPS) is 19.8. The molecule has 22 heavy (non-hydrogen) atoms. The molecule has 1 fully saturated rings. The van der Waals surface area contributed by atoms with Gasteiger partial charge in [-0.15, -0.1) is 0 Å². The molecule has 1 aliphatic heterocycles. The van der Waals surface area contributed by atoms with Crippen molar-refractivity contribution in [3.63, 3.8) is 0 Å². The van der Waals surface area contributed by atoms with Crippen LogP contribution in [0.15, 0.2) is 33.6 Å². The first-order valence-corrected chi connectivity index (χ1v) is 9.22. The molecule has 6 nitrogen and oxygen atoms in total. The first-order chi connectivity index (χ1) is 10.4. The van der Waals surface area contributed by atoms with Crippen molar-refractivity contribution >= 4 is 31.9 Å². The molecule has 1 aromatic carbocycles. The molecule has 0 bridgehead atoms. The van der Waals surface area contributed by atoms with Gasteiger partial charge in [0.1, 0.15) is 11.0 Å². The molecular weight excluding hydrogens is 374 g/mol. The van der Waals surface area contributed by atoms with Gasteiger partial charge < -0.3 is 9.47 Å². The lowest BCUT2D eigenvalue weighted by Crippen LogP contribution is -2.39. The number of ether oxygens (including phenoxy) is 2. The Morgan fingerprint density at radius 1 is 1.50 bits per heavy atom. The van der Waals surface area contributed by atoms with Crippen LogP contribution in [0.5, 0.6) is 0 Å². The third-order valence-corrected chi connectivity index (χ3v) is 5.65. The predicted molar refractivity (Wildman–Crippen MR) is 83.9 cm³/mol. The first-order valence-electron chi connectivity index (χ1n) is 6.94. The van der Waals surface area contributed by atoms with Gasteiger partial charge >= 0.3 is 0 Å². The number of rotatable bonds is 6. The summed E-state index contributed by atoms with van der Waals surface area (Å²) in [6.07, 6.45) is 0.978. The Hall–Kier alpha value is -0.960. The van der Waals surface area contributed by atoms with Crippen LogP contribution >= 0.6 is 15.9 Å². The number of carbonyl (C=O) groups is 1. The number of sulfonamides is 1. The average Bonchev–Trinajstić information content (AvgIpc) is 2.97. The topological polar surface area (TPSA) is 81.7 Å². The summed E-state index contributed by atoms with van der Waals surface area (Å²) >= 11 is 3.16. The van der Waals surface area contributed by atoms with Crippen LogP contribution < -0.4 is 4.72 Å². The molecular formula is C14H18BrNO5S. The van der Waals surface area contributed by atoms with E-state index in [1.807, 2.05) is 4.72 Å². The minimum Gasteiger partial charge on any atom is -0.376 e. The van der Waals surface area contributed by atoms with Gasteiger partial charge in [-0.05, 0) is 47.8 Å². The monoisotopic (exact) mass is 391 g/mol. The van der Waals surface area contributed by atoms with Gasteiger partial charge in [0.15, 0.2) is 0 Å². The van der Waals surface area contributed by atoms with Crippen molar-refractivity contribution < 1.29 is 22.7 Å². The number of halogens is 1. The van der Waals surface area contributed by atoms with Crippen LogP contribution in [-0.2, 0) is 24.3 Å². The lowest BCUT2D eigenvalue weighted by molar-refractivity contribution is -0.131. The zero-order valence-corrected chi connectivity index (χ0v) is 14.5. The van der Waals surface area contributed by atoms with Crippen LogP contribution in [-0.4, -0.2) is 39.7 Å². The van der Waals surface area contributed by atoms with E-state index in [1.54, 1.807) is 18.2 Å². The maximum atomic E-state index is 12.2. The molecule has 1 N–H and O–H groups in total. The highest BCUT2D eigenvalue weighted by atomic mass is 79.9. The van der Waals surface area contributed by atoms with Crippen molar-refractivity contribution in [2.24, 2.45) is 0 Å². The van der Waals surface area contributed by atoms with Gasteiger partial charge in [-0.3, -0.25) is 4.79 Å². The third kappa shape index (κ3) is 4.52. The minimum absolute atomic E-state index is 0.00896. The lowest BCUT2D eigenvalue weighted by Gasteiger charge is -2.16. The molecule has 2 atom stereocenters. The summed E-state index contributed by atoms with van der Waals surface area (Å²) in [6.45, 7) is 2.49. The molecule has 1 amide bonds. The highest BCUT2D eigenvalue weighted by Gasteiger charge is 2.25. The van der Waals surface area contributed by atoms with E-state index in [2.05, 4.69) is 15.9 Å². The Morgan fingerprint density at radius 2 is 2.23 bits per heavy atom. The van der Waals surface area contributed by atoms with E-state index in [-0.39, 0.29) is 17.6 Å². The molecule has 0 radical (unpaired) electrons. The van der Waals surface area contributed by atoms with Crippen molar-refractivity contribution in [2.45, 2.75) is 36.9 Å². The van der Waals surface area contributed by atoms with Crippen LogP contribution in [0.4, 0.5) is 0 Å². The minimum atomic E-state index is -3.93. The van der Waals surface area contributed by atoms with E-state index < -0.39 is 22.0 Å². The van der Waals surface area contributed by atoms with Crippen molar-refractivity contribution in [3.8, 4) is 0 Å². The molecule has 8 heteroatoms. The Balaban J connectivity index is 1.93. The fourth-order valence-corrected chi connectivity index (χ4v) is 4.08. The van der Waals surface area contributed by atoms with E-state index in [4.69, 9.17) is 9.47 Å². The summed E-state index contributed by atoms with van der Waals surface area (Å²) < 4.78 is 37.6. The quantitative estimate of drug-likeness (QED) is 0.799. The van der Waals surface area contributed by atoms with Crippen molar-refractivity contribution in [1.82, 2.24) is 4.72 Å². The number of benzene rings is 1. The molecule has 1 aliphatic rings. The van der Waals surface area contributed by atoms with Crippen LogP contribution in [0.1, 0.15) is 19.8 Å². The molecule has 0 aromatic heterocycles. The summed E-state index contributed by atoms with van der Waals surface area (Å²) in [7, 11) is -3.93. The maximum Gasteiger partial charge on any atom is 0.265 e. The van der Waals surface area contributed by atoms with E-state index in [9.17, 15) is 13.2 Å². The van der Waals surface area contributed by atoms with Gasteiger partial charge in [0.05, 0.1) is 12.7 Å². The first kappa shape index (κ1) is 17.4. The number of nitrogens with one attached hydrogen (secondary N) is 1. The van der Waals surface area contributed by atoms with Crippen LogP contribution in [0, 0.1) is 0 Å². The number of hydrogen-bond acceptors (Lipinski definition) is 5. The Labute approximate surface area is 138 Å². The highest BCUT2D eigenvalue weighted by molar-refractivity contribution is 9.10. The van der Waals surface area contributed by atoms with Crippen LogP contribution in [0.3, 0.4) is 0 Å². The molecule has 0 aliphatic carbocycles. The molecule has 122 valence electrons. The SMILES string of the molecule is C[C@@H](OC[C@H]1CCCO1)C(=O)NS(=O)(=O)c1ccccc1Br. The predicted octanol–water partition coefficient (Wildman–Crippen LogP) is 1.84. The maximum absolute atomic E-state index is 12.2. The summed E-state index contributed by atoms with van der Waals surface area (Å²) in [5.41, 5.74) is 0. The fourth-order valence-electron chi connectivity index (χ4n) is 2.04. The third-order valence-electron chi connectivity index (χ3n) is 3.29. The van der Waals surface area contributed by atoms with Crippen molar-refractivity contribution in [1.29, 1.82) is 0 Å². The van der Waals surface area contributed by atoms with Gasteiger partial charge in [0.25, 0.3) is 15.9 Å². The van der Waals surface area contributed by atoms with E-state index >= 15 is 0 Å². The molecule has 2 rings (SSSR count). The standard InChI is InChI=1S/C14H18BrNO5S/c1-10(21-9-11-5-4-8-20-11)14(17)16-22(18,19)13-7-3-2-6-12(13)15/h2-3,6-7,10-11H,4-5,8-9H2,1H3,(H,16,17)/t10-,11-/m1/s1. The van der Waals surface area contributed by atoms with Crippen LogP contribution in [0.2, 0.25) is 0 Å². The summed E-state index contributed by atoms with van der Waals surface area (Å²) in [5.74, 6) is -0.700. The lowest BCUT2D eigenvalue weighted by atomic mass is 10.2. The van der Waals surface area contributed by atoms with E-state index in [1.165, 1.54) is 13.0 Å². The summed E-state index contributed by atoms with van der Waals surface area (Å²) in [5, 5.41) is 0. The van der Waals surface area contributed by atoms with E-state index in [0.29, 0.717) is 11.1 Å². The van der Waals surface area contributed by atoms with Crippen molar-refractivity contribution in [3.05, 3.63) is 28.7 Å². The Morgan fingerprint density at radius 3 is 2.86 bits per heavy atom. The fraction of sp³-hybridized carbons (Fsp3) is 0.500. The molecule has 1 heterocycles. The van der Waals surface area contributed by atoms with Crippen molar-refractivity contribution in [2.75, 3.05) is 13.2 Å². The van der Waals surface area contributed by atoms with Gasteiger partial charge in [-0.25, -0.2) is 13.1 Å². The van der Waals surface area contributed by atoms with Gasteiger partial charge in [0.2, 0.25) is 0 Å². The molecule has 0 spiro atoms.